The number of aromatic nitrogens is 3. The molecule has 106 valence electrons. The molecule has 1 aromatic heterocycles. The number of nitrogens with zero attached hydrogens (tertiary/aromatic N) is 3. The third-order valence-electron chi connectivity index (χ3n) is 2.19. The summed E-state index contributed by atoms with van der Waals surface area (Å²) in [5, 5.41) is 5.19. The largest absolute Gasteiger partial charge is 0.354 e. The molecule has 20 heavy (non-hydrogen) atoms. The van der Waals surface area contributed by atoms with Crippen molar-refractivity contribution in [2.24, 2.45) is 0 Å². The molecule has 0 spiro atoms. The third kappa shape index (κ3) is 3.51. The number of benzene rings is 1. The van der Waals surface area contributed by atoms with Crippen LogP contribution >= 0.6 is 27.5 Å². The molecular formula is C11H9BrClF2N5. The van der Waals surface area contributed by atoms with Crippen molar-refractivity contribution in [3.8, 4) is 0 Å². The van der Waals surface area contributed by atoms with Gasteiger partial charge >= 0.3 is 0 Å². The Morgan fingerprint density at radius 1 is 1.15 bits per heavy atom. The molecule has 0 aliphatic heterocycles. The highest BCUT2D eigenvalue weighted by molar-refractivity contribution is 9.10. The van der Waals surface area contributed by atoms with E-state index in [0.29, 0.717) is 11.0 Å². The first kappa shape index (κ1) is 14.9. The van der Waals surface area contributed by atoms with E-state index in [-0.39, 0.29) is 22.9 Å². The molecule has 0 bridgehead atoms. The van der Waals surface area contributed by atoms with Gasteiger partial charge in [-0.15, -0.1) is 0 Å². The summed E-state index contributed by atoms with van der Waals surface area (Å²) in [6.07, 6.45) is 0. The van der Waals surface area contributed by atoms with E-state index in [1.54, 1.807) is 0 Å². The number of halogens is 4. The Balaban J connectivity index is 2.35. The van der Waals surface area contributed by atoms with E-state index >= 15 is 0 Å². The predicted octanol–water partition coefficient (Wildman–Crippen LogP) is 3.74. The van der Waals surface area contributed by atoms with E-state index in [1.807, 2.05) is 6.92 Å². The third-order valence-corrected chi connectivity index (χ3v) is 2.81. The lowest BCUT2D eigenvalue weighted by Gasteiger charge is -2.09. The molecule has 0 amide bonds. The molecule has 0 radical (unpaired) electrons. The molecule has 0 fully saturated rings. The highest BCUT2D eigenvalue weighted by Crippen LogP contribution is 2.26. The Kier molecular flexibility index (Phi) is 4.66. The van der Waals surface area contributed by atoms with Crippen molar-refractivity contribution < 1.29 is 8.78 Å². The Hall–Kier alpha value is -1.54. The highest BCUT2D eigenvalue weighted by atomic mass is 79.9. The maximum absolute atomic E-state index is 13.7. The van der Waals surface area contributed by atoms with Gasteiger partial charge in [-0.3, -0.25) is 0 Å². The van der Waals surface area contributed by atoms with Gasteiger partial charge in [0.2, 0.25) is 17.2 Å². The zero-order chi connectivity index (χ0) is 14.7. The molecule has 2 rings (SSSR count). The van der Waals surface area contributed by atoms with Crippen molar-refractivity contribution in [3.05, 3.63) is 33.5 Å². The summed E-state index contributed by atoms with van der Waals surface area (Å²) in [4.78, 5) is 11.5. The van der Waals surface area contributed by atoms with Crippen LogP contribution < -0.4 is 10.6 Å². The van der Waals surface area contributed by atoms with Crippen LogP contribution in [0.25, 0.3) is 0 Å². The van der Waals surface area contributed by atoms with Gasteiger partial charge in [-0.25, -0.2) is 8.78 Å². The fraction of sp³-hybridized carbons (Fsp3) is 0.182. The average molecular weight is 365 g/mol. The van der Waals surface area contributed by atoms with Crippen LogP contribution in [0.2, 0.25) is 5.28 Å². The number of hydrogen-bond donors (Lipinski definition) is 2. The second kappa shape index (κ2) is 6.27. The van der Waals surface area contributed by atoms with E-state index in [4.69, 9.17) is 11.6 Å². The first-order valence-electron chi connectivity index (χ1n) is 5.56. The van der Waals surface area contributed by atoms with Gasteiger partial charge < -0.3 is 10.6 Å². The maximum atomic E-state index is 13.7. The standard InChI is InChI=1S/C11H9BrClF2N5/c1-2-16-10-18-9(13)19-11(20-10)17-8-6(14)3-5(12)4-7(8)15/h3-4H,2H2,1H3,(H2,16,17,18,19,20). The number of anilines is 3. The SMILES string of the molecule is CCNc1nc(Cl)nc(Nc2c(F)cc(Br)cc2F)n1. The topological polar surface area (TPSA) is 62.7 Å². The van der Waals surface area contributed by atoms with Crippen LogP contribution in [0.3, 0.4) is 0 Å². The normalized spacial score (nSPS) is 10.4. The van der Waals surface area contributed by atoms with Gasteiger partial charge in [0.25, 0.3) is 0 Å². The molecular weight excluding hydrogens is 356 g/mol. The van der Waals surface area contributed by atoms with Gasteiger partial charge in [0.15, 0.2) is 11.6 Å². The minimum absolute atomic E-state index is 0.0546. The van der Waals surface area contributed by atoms with Crippen molar-refractivity contribution in [2.75, 3.05) is 17.2 Å². The second-order valence-corrected chi connectivity index (χ2v) is 4.91. The molecule has 0 atom stereocenters. The molecule has 0 saturated carbocycles. The first-order valence-corrected chi connectivity index (χ1v) is 6.73. The van der Waals surface area contributed by atoms with Crippen LogP contribution in [0.5, 0.6) is 0 Å². The quantitative estimate of drug-likeness (QED) is 0.865. The molecule has 1 heterocycles. The monoisotopic (exact) mass is 363 g/mol. The lowest BCUT2D eigenvalue weighted by atomic mass is 10.3. The zero-order valence-electron chi connectivity index (χ0n) is 10.2. The molecule has 2 aromatic rings. The fourth-order valence-electron chi connectivity index (χ4n) is 1.42. The van der Waals surface area contributed by atoms with Crippen LogP contribution in [-0.2, 0) is 0 Å². The molecule has 5 nitrogen and oxygen atoms in total. The summed E-state index contributed by atoms with van der Waals surface area (Å²) >= 11 is 8.72. The van der Waals surface area contributed by atoms with Gasteiger partial charge in [0.05, 0.1) is 0 Å². The van der Waals surface area contributed by atoms with Gasteiger partial charge in [-0.1, -0.05) is 15.9 Å². The van der Waals surface area contributed by atoms with E-state index < -0.39 is 11.6 Å². The molecule has 9 heteroatoms. The lowest BCUT2D eigenvalue weighted by molar-refractivity contribution is 0.589. The Morgan fingerprint density at radius 3 is 2.35 bits per heavy atom. The Labute approximate surface area is 126 Å². The van der Waals surface area contributed by atoms with Crippen molar-refractivity contribution in [1.29, 1.82) is 0 Å². The van der Waals surface area contributed by atoms with Crippen LogP contribution in [0.4, 0.5) is 26.4 Å². The minimum Gasteiger partial charge on any atom is -0.354 e. The van der Waals surface area contributed by atoms with Crippen LogP contribution in [0.15, 0.2) is 16.6 Å². The fourth-order valence-corrected chi connectivity index (χ4v) is 1.98. The van der Waals surface area contributed by atoms with Crippen molar-refractivity contribution >= 4 is 45.1 Å². The van der Waals surface area contributed by atoms with Crippen LogP contribution in [0.1, 0.15) is 6.92 Å². The molecule has 0 saturated heterocycles. The molecule has 0 unspecified atom stereocenters. The van der Waals surface area contributed by atoms with Gasteiger partial charge in [0.1, 0.15) is 5.69 Å². The van der Waals surface area contributed by atoms with Crippen molar-refractivity contribution in [1.82, 2.24) is 15.0 Å². The van der Waals surface area contributed by atoms with E-state index in [2.05, 4.69) is 41.5 Å². The smallest absolute Gasteiger partial charge is 0.233 e. The molecule has 0 aliphatic carbocycles. The van der Waals surface area contributed by atoms with E-state index in [9.17, 15) is 8.78 Å². The lowest BCUT2D eigenvalue weighted by Crippen LogP contribution is -2.08. The van der Waals surface area contributed by atoms with Gasteiger partial charge in [-0.05, 0) is 30.7 Å². The van der Waals surface area contributed by atoms with E-state index in [1.165, 1.54) is 0 Å². The summed E-state index contributed by atoms with van der Waals surface area (Å²) in [6.45, 7) is 2.42. The summed E-state index contributed by atoms with van der Waals surface area (Å²) in [6, 6.07) is 2.25. The van der Waals surface area contributed by atoms with Gasteiger partial charge in [-0.2, -0.15) is 15.0 Å². The summed E-state index contributed by atoms with van der Waals surface area (Å²) in [7, 11) is 0. The summed E-state index contributed by atoms with van der Waals surface area (Å²) in [5.41, 5.74) is -0.363. The van der Waals surface area contributed by atoms with E-state index in [0.717, 1.165) is 12.1 Å². The van der Waals surface area contributed by atoms with Crippen LogP contribution in [0, 0.1) is 11.6 Å². The summed E-state index contributed by atoms with van der Waals surface area (Å²) < 4.78 is 27.7. The average Bonchev–Trinajstić information content (AvgIpc) is 2.33. The maximum Gasteiger partial charge on any atom is 0.233 e. The highest BCUT2D eigenvalue weighted by Gasteiger charge is 2.13. The zero-order valence-corrected chi connectivity index (χ0v) is 12.6. The number of rotatable bonds is 4. The van der Waals surface area contributed by atoms with Crippen molar-refractivity contribution in [3.63, 3.8) is 0 Å². The number of hydrogen-bond acceptors (Lipinski definition) is 5. The molecule has 2 N–H and O–H groups in total. The summed E-state index contributed by atoms with van der Waals surface area (Å²) in [5.74, 6) is -1.40. The Bertz CT molecular complexity index is 617. The van der Waals surface area contributed by atoms with Crippen molar-refractivity contribution in [2.45, 2.75) is 6.92 Å². The van der Waals surface area contributed by atoms with Crippen LogP contribution in [-0.4, -0.2) is 21.5 Å². The minimum atomic E-state index is -0.779. The molecule has 1 aromatic carbocycles. The first-order chi connectivity index (χ1) is 9.49. The second-order valence-electron chi connectivity index (χ2n) is 3.65. The number of nitrogens with one attached hydrogen (secondary N) is 2. The molecule has 0 aliphatic rings. The van der Waals surface area contributed by atoms with Gasteiger partial charge in [0, 0.05) is 11.0 Å². The predicted molar refractivity (Wildman–Crippen MR) is 76.3 cm³/mol. The Morgan fingerprint density at radius 2 is 1.75 bits per heavy atom.